The van der Waals surface area contributed by atoms with Crippen LogP contribution in [0.15, 0.2) is 18.5 Å². The Kier molecular flexibility index (Phi) is 5.65. The van der Waals surface area contributed by atoms with Gasteiger partial charge in [0, 0.05) is 29.8 Å². The maximum Gasteiger partial charge on any atom is 0.143 e. The van der Waals surface area contributed by atoms with Gasteiger partial charge in [-0.05, 0) is 68.1 Å². The number of hydrogen-bond donors (Lipinski definition) is 2. The molecule has 3 aliphatic carbocycles. The number of fused-ring (bicyclic) bond motifs is 3. The quantitative estimate of drug-likeness (QED) is 0.687. The minimum absolute atomic E-state index is 0.181. The van der Waals surface area contributed by atoms with Crippen LogP contribution in [0.3, 0.4) is 0 Å². The summed E-state index contributed by atoms with van der Waals surface area (Å²) in [5.41, 5.74) is 17.7. The zero-order chi connectivity index (χ0) is 23.2. The Hall–Kier alpha value is -2.85. The molecule has 0 amide bonds. The average Bonchev–Trinajstić information content (AvgIpc) is 3.61. The highest BCUT2D eigenvalue weighted by Crippen LogP contribution is 2.51. The minimum atomic E-state index is -0.205. The number of rotatable bonds is 6. The Labute approximate surface area is 196 Å². The van der Waals surface area contributed by atoms with Gasteiger partial charge in [-0.1, -0.05) is 13.8 Å². The molecule has 174 valence electrons. The fourth-order valence-electron chi connectivity index (χ4n) is 5.65. The van der Waals surface area contributed by atoms with Gasteiger partial charge in [-0.3, -0.25) is 0 Å². The zero-order valence-corrected chi connectivity index (χ0v) is 19.7. The third-order valence-electron chi connectivity index (χ3n) is 7.42. The normalized spacial score (nSPS) is 23.2. The van der Waals surface area contributed by atoms with Crippen LogP contribution in [0.5, 0.6) is 5.75 Å². The van der Waals surface area contributed by atoms with Crippen LogP contribution in [0, 0.1) is 11.3 Å². The van der Waals surface area contributed by atoms with E-state index >= 15 is 0 Å². The Balaban J connectivity index is 1.64. The lowest BCUT2D eigenvalue weighted by atomic mass is 9.71. The summed E-state index contributed by atoms with van der Waals surface area (Å²) in [5.74, 6) is 1.49. The molecular formula is C26H34N6O. The van der Waals surface area contributed by atoms with Gasteiger partial charge in [-0.15, -0.1) is 0 Å². The van der Waals surface area contributed by atoms with Crippen LogP contribution in [0.4, 0.5) is 11.5 Å². The molecule has 0 spiro atoms. The molecule has 7 heteroatoms. The second-order valence-electron chi connectivity index (χ2n) is 10.5. The molecule has 2 fully saturated rings. The number of ether oxygens (including phenoxy) is 1. The van der Waals surface area contributed by atoms with Crippen molar-refractivity contribution in [3.05, 3.63) is 29.6 Å². The van der Waals surface area contributed by atoms with E-state index in [9.17, 15) is 5.26 Å². The Morgan fingerprint density at radius 3 is 2.61 bits per heavy atom. The molecule has 0 bridgehead atoms. The fourth-order valence-corrected chi connectivity index (χ4v) is 5.65. The van der Waals surface area contributed by atoms with Crippen LogP contribution in [0.1, 0.15) is 69.9 Å². The molecule has 0 aliphatic heterocycles. The summed E-state index contributed by atoms with van der Waals surface area (Å²) in [6.07, 6.45) is 9.34. The summed E-state index contributed by atoms with van der Waals surface area (Å²) in [7, 11) is 0. The molecule has 0 atom stereocenters. The van der Waals surface area contributed by atoms with Crippen LogP contribution >= 0.6 is 0 Å². The molecule has 0 saturated heterocycles. The summed E-state index contributed by atoms with van der Waals surface area (Å²) < 4.78 is 6.68. The van der Waals surface area contributed by atoms with Gasteiger partial charge in [0.05, 0.1) is 30.0 Å². The second-order valence-corrected chi connectivity index (χ2v) is 10.5. The minimum Gasteiger partial charge on any atom is -0.488 e. The first-order chi connectivity index (χ1) is 15.9. The summed E-state index contributed by atoms with van der Waals surface area (Å²) in [6, 6.07) is 7.33. The summed E-state index contributed by atoms with van der Waals surface area (Å²) in [4.78, 5) is 11.4. The van der Waals surface area contributed by atoms with Crippen LogP contribution < -0.4 is 21.1 Å². The zero-order valence-electron chi connectivity index (χ0n) is 19.7. The highest BCUT2D eigenvalue weighted by atomic mass is 16.5. The molecule has 3 aliphatic rings. The fraction of sp³-hybridized carbons (Fsp3) is 0.577. The molecule has 2 saturated carbocycles. The lowest BCUT2D eigenvalue weighted by Gasteiger charge is -2.38. The van der Waals surface area contributed by atoms with Gasteiger partial charge in [0.25, 0.3) is 0 Å². The monoisotopic (exact) mass is 446 g/mol. The van der Waals surface area contributed by atoms with Gasteiger partial charge in [-0.2, -0.15) is 5.26 Å². The summed E-state index contributed by atoms with van der Waals surface area (Å²) in [5, 5.41) is 9.35. The first kappa shape index (κ1) is 22.0. The summed E-state index contributed by atoms with van der Waals surface area (Å²) in [6.45, 7) is 5.14. The number of anilines is 2. The number of aromatic nitrogens is 2. The maximum absolute atomic E-state index is 9.35. The number of nitrogens with zero attached hydrogens (tertiary/aromatic N) is 4. The van der Waals surface area contributed by atoms with Crippen molar-refractivity contribution in [2.75, 3.05) is 17.2 Å². The molecule has 33 heavy (non-hydrogen) atoms. The Bertz CT molecular complexity index is 1080. The lowest BCUT2D eigenvalue weighted by molar-refractivity contribution is 0.147. The van der Waals surface area contributed by atoms with E-state index in [0.717, 1.165) is 73.2 Å². The van der Waals surface area contributed by atoms with Gasteiger partial charge in [0.1, 0.15) is 17.9 Å². The number of nitrogens with two attached hydrogens (primary N) is 2. The molecular weight excluding hydrogens is 412 g/mol. The van der Waals surface area contributed by atoms with Crippen molar-refractivity contribution in [2.24, 2.45) is 5.73 Å². The highest BCUT2D eigenvalue weighted by molar-refractivity contribution is 5.83. The molecule has 2 aromatic rings. The van der Waals surface area contributed by atoms with Crippen molar-refractivity contribution in [3.8, 4) is 23.1 Å². The van der Waals surface area contributed by atoms with E-state index in [1.807, 2.05) is 0 Å². The van der Waals surface area contributed by atoms with E-state index in [4.69, 9.17) is 16.2 Å². The molecule has 7 nitrogen and oxygen atoms in total. The van der Waals surface area contributed by atoms with Crippen LogP contribution in [-0.4, -0.2) is 34.7 Å². The van der Waals surface area contributed by atoms with E-state index in [0.29, 0.717) is 24.8 Å². The number of hydrogen-bond acceptors (Lipinski definition) is 7. The van der Waals surface area contributed by atoms with Gasteiger partial charge in [0.15, 0.2) is 0 Å². The van der Waals surface area contributed by atoms with Crippen LogP contribution in [0.25, 0.3) is 11.3 Å². The van der Waals surface area contributed by atoms with Crippen LogP contribution in [0.2, 0.25) is 0 Å². The van der Waals surface area contributed by atoms with Crippen molar-refractivity contribution >= 4 is 11.5 Å². The van der Waals surface area contributed by atoms with E-state index in [1.165, 1.54) is 5.56 Å². The first-order valence-corrected chi connectivity index (χ1v) is 12.2. The smallest absolute Gasteiger partial charge is 0.143 e. The third-order valence-corrected chi connectivity index (χ3v) is 7.42. The number of benzene rings is 1. The van der Waals surface area contributed by atoms with Gasteiger partial charge in [0.2, 0.25) is 0 Å². The Morgan fingerprint density at radius 1 is 1.15 bits per heavy atom. The molecule has 1 aromatic heterocycles. The maximum atomic E-state index is 9.35. The standard InChI is InChI=1S/C26H34N6O/c1-26(2)14-20-19(23-22(26)25(29)31-15-30-23)10-11-21(33-18-8-4-16(28)5-9-18)24(20)32(13-3-12-27)17-6-7-17/h10-11,15-18H,3-9,13-14,28H2,1-2H3,(H2,29,30,31)/t16-,18-. The SMILES string of the molecule is CC1(C)Cc2c(ccc(O[C@H]3CC[C@H](N)CC3)c2N(CCC#N)C2CC2)-c2ncnc(N)c21. The van der Waals surface area contributed by atoms with E-state index in [2.05, 4.69) is 46.9 Å². The first-order valence-electron chi connectivity index (χ1n) is 12.2. The van der Waals surface area contributed by atoms with Crippen molar-refractivity contribution in [1.82, 2.24) is 9.97 Å². The molecule has 1 heterocycles. The largest absolute Gasteiger partial charge is 0.488 e. The van der Waals surface area contributed by atoms with Gasteiger partial charge in [-0.25, -0.2) is 9.97 Å². The van der Waals surface area contributed by atoms with Crippen molar-refractivity contribution in [2.45, 2.75) is 88.8 Å². The van der Waals surface area contributed by atoms with Crippen molar-refractivity contribution in [1.29, 1.82) is 5.26 Å². The summed E-state index contributed by atoms with van der Waals surface area (Å²) >= 11 is 0. The van der Waals surface area contributed by atoms with Crippen molar-refractivity contribution < 1.29 is 4.74 Å². The lowest BCUT2D eigenvalue weighted by Crippen LogP contribution is -2.34. The topological polar surface area (TPSA) is 114 Å². The van der Waals surface area contributed by atoms with E-state index in [1.54, 1.807) is 6.33 Å². The number of nitrogen functional groups attached to an aromatic ring is 1. The van der Waals surface area contributed by atoms with E-state index in [-0.39, 0.29) is 17.6 Å². The molecule has 0 radical (unpaired) electrons. The van der Waals surface area contributed by atoms with Crippen LogP contribution in [-0.2, 0) is 11.8 Å². The predicted octanol–water partition coefficient (Wildman–Crippen LogP) is 4.09. The van der Waals surface area contributed by atoms with Gasteiger partial charge >= 0.3 is 0 Å². The molecule has 5 rings (SSSR count). The van der Waals surface area contributed by atoms with E-state index < -0.39 is 0 Å². The molecule has 0 unspecified atom stereocenters. The Morgan fingerprint density at radius 2 is 1.91 bits per heavy atom. The average molecular weight is 447 g/mol. The predicted molar refractivity (Wildman–Crippen MR) is 130 cm³/mol. The van der Waals surface area contributed by atoms with Crippen molar-refractivity contribution in [3.63, 3.8) is 0 Å². The van der Waals surface area contributed by atoms with Gasteiger partial charge < -0.3 is 21.1 Å². The molecule has 4 N–H and O–H groups in total. The number of nitriles is 1. The second kappa shape index (κ2) is 8.49. The molecule has 1 aromatic carbocycles. The highest BCUT2D eigenvalue weighted by Gasteiger charge is 2.40. The third kappa shape index (κ3) is 4.13.